The van der Waals surface area contributed by atoms with Gasteiger partial charge in [0.2, 0.25) is 11.7 Å². The van der Waals surface area contributed by atoms with Gasteiger partial charge in [0.15, 0.2) is 17.3 Å². The number of benzene rings is 2. The van der Waals surface area contributed by atoms with Gasteiger partial charge in [-0.1, -0.05) is 0 Å². The van der Waals surface area contributed by atoms with Gasteiger partial charge in [0.25, 0.3) is 5.91 Å². The molecule has 2 aromatic carbocycles. The van der Waals surface area contributed by atoms with Crippen LogP contribution in [0.2, 0.25) is 0 Å². The van der Waals surface area contributed by atoms with E-state index >= 15 is 0 Å². The van der Waals surface area contributed by atoms with Crippen LogP contribution >= 0.6 is 12.4 Å². The van der Waals surface area contributed by atoms with Crippen LogP contribution < -0.4 is 11.1 Å². The number of imidazole rings is 1. The van der Waals surface area contributed by atoms with E-state index in [2.05, 4.69) is 10.3 Å². The normalized spacial score (nSPS) is 13.9. The molecule has 1 aromatic heterocycles. The summed E-state index contributed by atoms with van der Waals surface area (Å²) in [6, 6.07) is 4.52. The van der Waals surface area contributed by atoms with E-state index in [0.717, 1.165) is 16.7 Å². The van der Waals surface area contributed by atoms with Crippen molar-refractivity contribution < 1.29 is 40.3 Å². The zero-order chi connectivity index (χ0) is 27.8. The minimum absolute atomic E-state index is 0. The smallest absolute Gasteiger partial charge is 0.335 e. The molecule has 0 radical (unpaired) electrons. The van der Waals surface area contributed by atoms with E-state index in [0.29, 0.717) is 12.1 Å². The molecule has 15 heteroatoms. The number of nitrogens with one attached hydrogen (secondary N) is 1. The van der Waals surface area contributed by atoms with Gasteiger partial charge in [0.05, 0.1) is 12.2 Å². The molecule has 0 aliphatic carbocycles. The summed E-state index contributed by atoms with van der Waals surface area (Å²) in [5.74, 6) is -7.18. The highest BCUT2D eigenvalue weighted by molar-refractivity contribution is 6.03. The first-order valence-corrected chi connectivity index (χ1v) is 11.2. The van der Waals surface area contributed by atoms with Crippen LogP contribution in [0.1, 0.15) is 34.0 Å². The van der Waals surface area contributed by atoms with E-state index < -0.39 is 65.4 Å². The molecule has 0 saturated heterocycles. The fourth-order valence-electron chi connectivity index (χ4n) is 4.13. The first-order valence-electron chi connectivity index (χ1n) is 11.2. The van der Waals surface area contributed by atoms with Crippen LogP contribution in [-0.4, -0.2) is 38.9 Å². The Morgan fingerprint density at radius 3 is 2.28 bits per heavy atom. The molecular formula is C24H21ClF7N5O2. The molecule has 39 heavy (non-hydrogen) atoms. The van der Waals surface area contributed by atoms with Crippen molar-refractivity contribution in [3.05, 3.63) is 82.4 Å². The van der Waals surface area contributed by atoms with Gasteiger partial charge in [0, 0.05) is 37.3 Å². The standard InChI is InChI=1S/C24H20F7N5O2.ClH/c25-13-1-3-15(4-2-13)33-22(38)21-19-11-35(5-6-36(19)23(34-21)24(29,30)31)20(37)9-14(32)7-12-8-17(27)18(28)10-16(12)26;/h1-4,8,10,14H,5-7,9,11,32H2,(H,33,38);1H/t14-;/m1./s1. The van der Waals surface area contributed by atoms with E-state index in [1.54, 1.807) is 0 Å². The van der Waals surface area contributed by atoms with Gasteiger partial charge in [-0.3, -0.25) is 9.59 Å². The van der Waals surface area contributed by atoms with Crippen molar-refractivity contribution in [2.24, 2.45) is 5.73 Å². The zero-order valence-electron chi connectivity index (χ0n) is 19.9. The van der Waals surface area contributed by atoms with Crippen LogP contribution in [0.25, 0.3) is 0 Å². The van der Waals surface area contributed by atoms with Crippen molar-refractivity contribution in [3.8, 4) is 0 Å². The first kappa shape index (κ1) is 29.9. The molecule has 0 bridgehead atoms. The van der Waals surface area contributed by atoms with Crippen molar-refractivity contribution in [1.29, 1.82) is 0 Å². The molecule has 3 aromatic rings. The Kier molecular flexibility index (Phi) is 8.91. The number of anilines is 1. The third-order valence-electron chi connectivity index (χ3n) is 5.94. The van der Waals surface area contributed by atoms with E-state index in [-0.39, 0.29) is 55.3 Å². The van der Waals surface area contributed by atoms with Gasteiger partial charge in [-0.05, 0) is 42.3 Å². The van der Waals surface area contributed by atoms with Gasteiger partial charge in [0.1, 0.15) is 11.6 Å². The number of amides is 2. The fraction of sp³-hybridized carbons (Fsp3) is 0.292. The molecule has 2 heterocycles. The predicted octanol–water partition coefficient (Wildman–Crippen LogP) is 4.43. The third-order valence-corrected chi connectivity index (χ3v) is 5.94. The molecule has 3 N–H and O–H groups in total. The molecule has 4 rings (SSSR count). The number of hydrogen-bond acceptors (Lipinski definition) is 4. The maximum absolute atomic E-state index is 13.9. The number of halogens is 8. The van der Waals surface area contributed by atoms with Crippen molar-refractivity contribution in [2.75, 3.05) is 11.9 Å². The number of nitrogens with two attached hydrogens (primary N) is 1. The van der Waals surface area contributed by atoms with Gasteiger partial charge in [-0.25, -0.2) is 22.5 Å². The SMILES string of the molecule is Cl.N[C@@H](CC(=O)N1CCn2c(C(F)(F)F)nc(C(=O)Nc3ccc(F)cc3)c2C1)Cc1cc(F)c(F)cc1F. The average Bonchev–Trinajstić information content (AvgIpc) is 3.23. The molecule has 7 nitrogen and oxygen atoms in total. The van der Waals surface area contributed by atoms with Gasteiger partial charge in [-0.15, -0.1) is 12.4 Å². The molecule has 0 saturated carbocycles. The lowest BCUT2D eigenvalue weighted by Crippen LogP contribution is -2.42. The number of carbonyl (C=O) groups is 2. The highest BCUT2D eigenvalue weighted by Crippen LogP contribution is 2.33. The average molecular weight is 580 g/mol. The molecular weight excluding hydrogens is 559 g/mol. The molecule has 0 fully saturated rings. The quantitative estimate of drug-likeness (QED) is 0.334. The van der Waals surface area contributed by atoms with Crippen molar-refractivity contribution >= 4 is 29.9 Å². The highest BCUT2D eigenvalue weighted by atomic mass is 35.5. The summed E-state index contributed by atoms with van der Waals surface area (Å²) >= 11 is 0. The van der Waals surface area contributed by atoms with E-state index in [9.17, 15) is 40.3 Å². The molecule has 1 atom stereocenters. The second kappa shape index (κ2) is 11.6. The monoisotopic (exact) mass is 579 g/mol. The maximum Gasteiger partial charge on any atom is 0.449 e. The van der Waals surface area contributed by atoms with Gasteiger partial charge in [-0.2, -0.15) is 13.2 Å². The van der Waals surface area contributed by atoms with Crippen LogP contribution in [0.3, 0.4) is 0 Å². The van der Waals surface area contributed by atoms with Crippen molar-refractivity contribution in [1.82, 2.24) is 14.5 Å². The fourth-order valence-corrected chi connectivity index (χ4v) is 4.13. The molecule has 0 spiro atoms. The summed E-state index contributed by atoms with van der Waals surface area (Å²) < 4.78 is 95.3. The van der Waals surface area contributed by atoms with E-state index in [4.69, 9.17) is 5.73 Å². The first-order chi connectivity index (χ1) is 17.8. The van der Waals surface area contributed by atoms with E-state index in [1.165, 1.54) is 17.0 Å². The van der Waals surface area contributed by atoms with Crippen LogP contribution in [0, 0.1) is 23.3 Å². The number of hydrogen-bond donors (Lipinski definition) is 2. The number of alkyl halides is 3. The molecule has 0 unspecified atom stereocenters. The lowest BCUT2D eigenvalue weighted by atomic mass is 10.0. The molecule has 210 valence electrons. The molecule has 1 aliphatic rings. The van der Waals surface area contributed by atoms with Crippen LogP contribution in [0.15, 0.2) is 36.4 Å². The van der Waals surface area contributed by atoms with Crippen LogP contribution in [-0.2, 0) is 30.5 Å². The van der Waals surface area contributed by atoms with E-state index in [1.807, 2.05) is 0 Å². The molecule has 2 amide bonds. The van der Waals surface area contributed by atoms with Gasteiger partial charge < -0.3 is 20.5 Å². The summed E-state index contributed by atoms with van der Waals surface area (Å²) in [5, 5.41) is 2.35. The lowest BCUT2D eigenvalue weighted by Gasteiger charge is -2.30. The number of fused-ring (bicyclic) bond motifs is 1. The van der Waals surface area contributed by atoms with Gasteiger partial charge >= 0.3 is 6.18 Å². The zero-order valence-corrected chi connectivity index (χ0v) is 20.7. The Hall–Kier alpha value is -3.65. The second-order valence-corrected chi connectivity index (χ2v) is 8.68. The Morgan fingerprint density at radius 2 is 1.64 bits per heavy atom. The summed E-state index contributed by atoms with van der Waals surface area (Å²) in [4.78, 5) is 30.3. The van der Waals surface area contributed by atoms with Crippen molar-refractivity contribution in [2.45, 2.75) is 38.1 Å². The highest BCUT2D eigenvalue weighted by Gasteiger charge is 2.41. The third kappa shape index (κ3) is 6.68. The minimum atomic E-state index is -4.88. The number of aromatic nitrogens is 2. The number of rotatable bonds is 6. The lowest BCUT2D eigenvalue weighted by molar-refractivity contribution is -0.148. The maximum atomic E-state index is 13.9. The Bertz CT molecular complexity index is 1380. The summed E-state index contributed by atoms with van der Waals surface area (Å²) in [6.45, 7) is -0.878. The topological polar surface area (TPSA) is 93.2 Å². The summed E-state index contributed by atoms with van der Waals surface area (Å²) in [6.07, 6.45) is -5.56. The molecule has 1 aliphatic heterocycles. The summed E-state index contributed by atoms with van der Waals surface area (Å²) in [7, 11) is 0. The summed E-state index contributed by atoms with van der Waals surface area (Å²) in [5.41, 5.74) is 5.06. The predicted molar refractivity (Wildman–Crippen MR) is 127 cm³/mol. The minimum Gasteiger partial charge on any atom is -0.335 e. The second-order valence-electron chi connectivity index (χ2n) is 8.68. The Balaban J connectivity index is 0.00000420. The Morgan fingerprint density at radius 1 is 1.00 bits per heavy atom. The Labute approximate surface area is 223 Å². The van der Waals surface area contributed by atoms with Crippen LogP contribution in [0.4, 0.5) is 36.4 Å². The largest absolute Gasteiger partial charge is 0.449 e. The number of carbonyl (C=O) groups excluding carboxylic acids is 2. The number of nitrogens with zero attached hydrogens (tertiary/aromatic N) is 3. The van der Waals surface area contributed by atoms with Crippen molar-refractivity contribution in [3.63, 3.8) is 0 Å². The van der Waals surface area contributed by atoms with Crippen LogP contribution in [0.5, 0.6) is 0 Å².